The largest absolute Gasteiger partial charge is 0.459 e. The van der Waals surface area contributed by atoms with Crippen LogP contribution in [0.2, 0.25) is 0 Å². The van der Waals surface area contributed by atoms with E-state index in [1.54, 1.807) is 13.0 Å². The fourth-order valence-corrected chi connectivity index (χ4v) is 5.02. The number of ketones is 1. The van der Waals surface area contributed by atoms with Crippen LogP contribution in [-0.4, -0.2) is 62.9 Å². The van der Waals surface area contributed by atoms with Gasteiger partial charge in [-0.05, 0) is 52.9 Å². The predicted octanol–water partition coefficient (Wildman–Crippen LogP) is 2.01. The van der Waals surface area contributed by atoms with Crippen LogP contribution >= 0.6 is 0 Å². The number of esters is 3. The summed E-state index contributed by atoms with van der Waals surface area (Å²) in [6.07, 6.45) is 0.413. The van der Waals surface area contributed by atoms with E-state index in [2.05, 4.69) is 0 Å². The quantitative estimate of drug-likeness (QED) is 0.443. The molecule has 9 nitrogen and oxygen atoms in total. The number of aliphatic hydroxyl groups is 2. The topological polar surface area (TPSA) is 136 Å². The molecule has 0 unspecified atom stereocenters. The Bertz CT molecular complexity index is 866. The molecule has 0 saturated heterocycles. The van der Waals surface area contributed by atoms with Crippen LogP contribution in [0.3, 0.4) is 0 Å². The van der Waals surface area contributed by atoms with Gasteiger partial charge in [0, 0.05) is 31.8 Å². The summed E-state index contributed by atoms with van der Waals surface area (Å²) in [7, 11) is 0. The summed E-state index contributed by atoms with van der Waals surface area (Å²) < 4.78 is 16.4. The number of hydrogen-bond acceptors (Lipinski definition) is 9. The lowest BCUT2D eigenvalue weighted by molar-refractivity contribution is -0.223. The first-order valence-electron chi connectivity index (χ1n) is 11.1. The highest BCUT2D eigenvalue weighted by atomic mass is 16.6. The lowest BCUT2D eigenvalue weighted by Gasteiger charge is -2.55. The third-order valence-corrected chi connectivity index (χ3v) is 7.00. The van der Waals surface area contributed by atoms with Gasteiger partial charge >= 0.3 is 17.9 Å². The highest BCUT2D eigenvalue weighted by Gasteiger charge is 2.60. The molecule has 9 heteroatoms. The Hall–Kier alpha value is -2.26. The molecule has 6 atom stereocenters. The van der Waals surface area contributed by atoms with Crippen molar-refractivity contribution in [3.05, 3.63) is 11.6 Å². The Morgan fingerprint density at radius 3 is 2.18 bits per heavy atom. The van der Waals surface area contributed by atoms with Crippen molar-refractivity contribution in [3.63, 3.8) is 0 Å². The Morgan fingerprint density at radius 2 is 1.70 bits per heavy atom. The van der Waals surface area contributed by atoms with E-state index in [1.165, 1.54) is 34.6 Å². The summed E-state index contributed by atoms with van der Waals surface area (Å²) in [5.74, 6) is -3.01. The smallest absolute Gasteiger partial charge is 0.342 e. The van der Waals surface area contributed by atoms with Gasteiger partial charge in [-0.2, -0.15) is 0 Å². The molecule has 0 aromatic heterocycles. The fraction of sp³-hybridized carbons (Fsp3) is 0.750. The second-order valence-electron chi connectivity index (χ2n) is 10.5. The van der Waals surface area contributed by atoms with Gasteiger partial charge < -0.3 is 24.4 Å². The maximum Gasteiger partial charge on any atom is 0.342 e. The third-order valence-electron chi connectivity index (χ3n) is 7.00. The SMILES string of the molecule is CC(=O)O[C@H](C)[C@@](C)(O)C(=O)O[C@@H]1CC[C@]2(C)CC(=O)C(C(C)(C)O)=C[C@@H]2[C@@]1(C)OC(C)=O. The van der Waals surface area contributed by atoms with Crippen molar-refractivity contribution >= 4 is 23.7 Å². The van der Waals surface area contributed by atoms with E-state index in [1.807, 2.05) is 6.92 Å². The number of fused-ring (bicyclic) bond motifs is 1. The van der Waals surface area contributed by atoms with Gasteiger partial charge in [0.25, 0.3) is 0 Å². The Kier molecular flexibility index (Phi) is 7.22. The van der Waals surface area contributed by atoms with Gasteiger partial charge in [-0.1, -0.05) is 13.0 Å². The zero-order valence-electron chi connectivity index (χ0n) is 20.7. The number of hydrogen-bond donors (Lipinski definition) is 2. The van der Waals surface area contributed by atoms with Gasteiger partial charge in [-0.15, -0.1) is 0 Å². The molecule has 1 saturated carbocycles. The zero-order chi connectivity index (χ0) is 25.6. The summed E-state index contributed by atoms with van der Waals surface area (Å²) in [4.78, 5) is 49.1. The monoisotopic (exact) mass is 468 g/mol. The maximum absolute atomic E-state index is 12.9. The first-order valence-corrected chi connectivity index (χ1v) is 11.1. The highest BCUT2D eigenvalue weighted by molar-refractivity contribution is 5.98. The van der Waals surface area contributed by atoms with E-state index in [0.717, 1.165) is 6.92 Å². The van der Waals surface area contributed by atoms with Crippen molar-refractivity contribution in [1.29, 1.82) is 0 Å². The molecular formula is C24H36O9. The van der Waals surface area contributed by atoms with E-state index in [-0.39, 0.29) is 24.2 Å². The molecule has 0 radical (unpaired) electrons. The average molecular weight is 469 g/mol. The first kappa shape index (κ1) is 27.0. The van der Waals surface area contributed by atoms with Crippen molar-refractivity contribution in [2.24, 2.45) is 11.3 Å². The maximum atomic E-state index is 12.9. The van der Waals surface area contributed by atoms with E-state index in [4.69, 9.17) is 14.2 Å². The van der Waals surface area contributed by atoms with Gasteiger partial charge in [0.05, 0.1) is 5.60 Å². The molecular weight excluding hydrogens is 432 g/mol. The second-order valence-corrected chi connectivity index (χ2v) is 10.5. The van der Waals surface area contributed by atoms with Gasteiger partial charge in [0.15, 0.2) is 17.0 Å². The van der Waals surface area contributed by atoms with Crippen LogP contribution in [0.4, 0.5) is 0 Å². The summed E-state index contributed by atoms with van der Waals surface area (Å²) in [5, 5.41) is 21.2. The Morgan fingerprint density at radius 1 is 1.12 bits per heavy atom. The molecule has 0 aromatic carbocycles. The minimum atomic E-state index is -2.14. The number of ether oxygens (including phenoxy) is 3. The summed E-state index contributed by atoms with van der Waals surface area (Å²) in [6, 6.07) is 0. The molecule has 0 amide bonds. The normalized spacial score (nSPS) is 32.5. The van der Waals surface area contributed by atoms with E-state index < -0.39 is 58.3 Å². The van der Waals surface area contributed by atoms with Crippen LogP contribution in [0.1, 0.15) is 74.7 Å². The van der Waals surface area contributed by atoms with Crippen LogP contribution < -0.4 is 0 Å². The number of carbonyl (C=O) groups excluding carboxylic acids is 4. The van der Waals surface area contributed by atoms with Crippen LogP contribution in [0.15, 0.2) is 11.6 Å². The fourth-order valence-electron chi connectivity index (χ4n) is 5.02. The number of rotatable bonds is 6. The van der Waals surface area contributed by atoms with Gasteiger partial charge in [-0.25, -0.2) is 4.79 Å². The van der Waals surface area contributed by atoms with Crippen LogP contribution in [0.5, 0.6) is 0 Å². The molecule has 0 aromatic rings. The van der Waals surface area contributed by atoms with Crippen molar-refractivity contribution in [1.82, 2.24) is 0 Å². The van der Waals surface area contributed by atoms with Crippen molar-refractivity contribution in [2.45, 2.75) is 104 Å². The Balaban J connectivity index is 2.48. The van der Waals surface area contributed by atoms with E-state index in [9.17, 15) is 29.4 Å². The summed E-state index contributed by atoms with van der Waals surface area (Å²) in [6.45, 7) is 11.5. The molecule has 0 spiro atoms. The van der Waals surface area contributed by atoms with E-state index in [0.29, 0.717) is 6.42 Å². The van der Waals surface area contributed by atoms with Crippen LogP contribution in [-0.2, 0) is 33.4 Å². The Labute approximate surface area is 194 Å². The average Bonchev–Trinajstić information content (AvgIpc) is 2.61. The second kappa shape index (κ2) is 8.83. The standard InChI is InChI=1S/C24H36O9/c1-13(31-14(2)25)23(7,30)20(28)32-19-9-10-22(6)12-17(27)16(21(4,5)29)11-18(22)24(19,8)33-15(3)26/h11,13,18-19,29-30H,9-10,12H2,1-8H3/t13-,18+,19-,22-,23-,24-/m1/s1. The lowest BCUT2D eigenvalue weighted by atomic mass is 9.54. The first-order chi connectivity index (χ1) is 14.8. The van der Waals surface area contributed by atoms with Crippen molar-refractivity contribution < 1.29 is 43.6 Å². The molecule has 2 aliphatic carbocycles. The molecule has 0 aliphatic heterocycles. The predicted molar refractivity (Wildman–Crippen MR) is 117 cm³/mol. The number of Topliss-reactive ketones (excluding diaryl/α,β-unsaturated/α-hetero) is 1. The number of carbonyl (C=O) groups is 4. The molecule has 186 valence electrons. The minimum absolute atomic E-state index is 0.145. The van der Waals surface area contributed by atoms with Crippen molar-refractivity contribution in [3.8, 4) is 0 Å². The zero-order valence-corrected chi connectivity index (χ0v) is 20.7. The highest BCUT2D eigenvalue weighted by Crippen LogP contribution is 2.55. The third kappa shape index (κ3) is 5.30. The molecule has 33 heavy (non-hydrogen) atoms. The van der Waals surface area contributed by atoms with Crippen LogP contribution in [0.25, 0.3) is 0 Å². The van der Waals surface area contributed by atoms with E-state index >= 15 is 0 Å². The molecule has 0 heterocycles. The van der Waals surface area contributed by atoms with Gasteiger partial charge in [0.2, 0.25) is 0 Å². The van der Waals surface area contributed by atoms with Crippen molar-refractivity contribution in [2.75, 3.05) is 0 Å². The molecule has 1 fully saturated rings. The summed E-state index contributed by atoms with van der Waals surface area (Å²) in [5.41, 5.74) is -5.28. The van der Waals surface area contributed by atoms with Crippen LogP contribution in [0, 0.1) is 11.3 Å². The minimum Gasteiger partial charge on any atom is -0.459 e. The van der Waals surface area contributed by atoms with Gasteiger partial charge in [0.1, 0.15) is 12.2 Å². The van der Waals surface area contributed by atoms with Gasteiger partial charge in [-0.3, -0.25) is 14.4 Å². The molecule has 2 N–H and O–H groups in total. The molecule has 0 bridgehead atoms. The molecule has 2 rings (SSSR count). The summed E-state index contributed by atoms with van der Waals surface area (Å²) >= 11 is 0. The molecule has 2 aliphatic rings. The lowest BCUT2D eigenvalue weighted by Crippen LogP contribution is -2.62.